The van der Waals surface area contributed by atoms with Crippen LogP contribution in [0.15, 0.2) is 6.07 Å². The van der Waals surface area contributed by atoms with Crippen LogP contribution in [0, 0.1) is 5.41 Å². The van der Waals surface area contributed by atoms with Gasteiger partial charge in [-0.15, -0.1) is 11.3 Å². The first-order valence-electron chi connectivity index (χ1n) is 5.52. The van der Waals surface area contributed by atoms with Gasteiger partial charge in [0.05, 0.1) is 22.2 Å². The van der Waals surface area contributed by atoms with Gasteiger partial charge in [0.1, 0.15) is 0 Å². The molecule has 0 fully saturated rings. The summed E-state index contributed by atoms with van der Waals surface area (Å²) in [6.45, 7) is 3.96. The van der Waals surface area contributed by atoms with Gasteiger partial charge in [0.2, 0.25) is 0 Å². The molecule has 0 aliphatic carbocycles. The summed E-state index contributed by atoms with van der Waals surface area (Å²) in [6.07, 6.45) is 0.960. The zero-order valence-corrected chi connectivity index (χ0v) is 13.0. The Bertz CT molecular complexity index is 432. The van der Waals surface area contributed by atoms with E-state index in [1.807, 2.05) is 13.8 Å². The van der Waals surface area contributed by atoms with Crippen molar-refractivity contribution < 1.29 is 9.53 Å². The molecule has 6 heteroatoms. The summed E-state index contributed by atoms with van der Waals surface area (Å²) in [5.41, 5.74) is 6.72. The number of methoxy groups -OCH3 is 1. The van der Waals surface area contributed by atoms with Gasteiger partial charge in [-0.3, -0.25) is 4.79 Å². The van der Waals surface area contributed by atoms with Gasteiger partial charge >= 0.3 is 5.97 Å². The minimum atomic E-state index is -0.246. The lowest BCUT2D eigenvalue weighted by Gasteiger charge is -2.26. The van der Waals surface area contributed by atoms with Gasteiger partial charge < -0.3 is 10.5 Å². The minimum Gasteiger partial charge on any atom is -0.469 e. The van der Waals surface area contributed by atoms with Crippen LogP contribution >= 0.6 is 34.5 Å². The van der Waals surface area contributed by atoms with Crippen molar-refractivity contribution in [3.63, 3.8) is 0 Å². The Hall–Kier alpha value is -0.290. The fourth-order valence-electron chi connectivity index (χ4n) is 1.85. The molecule has 1 unspecified atom stereocenters. The smallest absolute Gasteiger partial charge is 0.306 e. The van der Waals surface area contributed by atoms with Gasteiger partial charge in [-0.2, -0.15) is 0 Å². The van der Waals surface area contributed by atoms with Gasteiger partial charge in [0.25, 0.3) is 0 Å². The molecule has 0 spiro atoms. The van der Waals surface area contributed by atoms with E-state index in [9.17, 15) is 4.79 Å². The Balaban J connectivity index is 2.71. The molecular formula is C12H17Cl2NO2S. The fraction of sp³-hybridized carbons (Fsp3) is 0.583. The van der Waals surface area contributed by atoms with E-state index < -0.39 is 0 Å². The third kappa shape index (κ3) is 4.43. The van der Waals surface area contributed by atoms with Crippen molar-refractivity contribution in [2.75, 3.05) is 7.11 Å². The van der Waals surface area contributed by atoms with Crippen LogP contribution in [0.2, 0.25) is 8.67 Å². The van der Waals surface area contributed by atoms with Crippen molar-refractivity contribution in [2.24, 2.45) is 11.1 Å². The van der Waals surface area contributed by atoms with E-state index in [4.69, 9.17) is 28.9 Å². The molecule has 0 radical (unpaired) electrons. The van der Waals surface area contributed by atoms with E-state index in [2.05, 4.69) is 4.74 Å². The van der Waals surface area contributed by atoms with Crippen molar-refractivity contribution in [1.82, 2.24) is 0 Å². The lowest BCUT2D eigenvalue weighted by Crippen LogP contribution is -2.24. The van der Waals surface area contributed by atoms with Crippen molar-refractivity contribution in [3.8, 4) is 0 Å². The molecule has 1 aromatic heterocycles. The number of hydrogen-bond acceptors (Lipinski definition) is 4. The third-order valence-corrected chi connectivity index (χ3v) is 4.22. The lowest BCUT2D eigenvalue weighted by atomic mass is 9.81. The van der Waals surface area contributed by atoms with Crippen LogP contribution in [0.5, 0.6) is 0 Å². The van der Waals surface area contributed by atoms with Crippen LogP contribution < -0.4 is 5.73 Å². The second-order valence-corrected chi connectivity index (χ2v) is 7.29. The number of ether oxygens (including phenoxy) is 1. The Morgan fingerprint density at radius 1 is 1.56 bits per heavy atom. The van der Waals surface area contributed by atoms with Crippen LogP contribution in [0.1, 0.15) is 38.3 Å². The molecule has 0 amide bonds. The highest BCUT2D eigenvalue weighted by molar-refractivity contribution is 7.20. The first kappa shape index (κ1) is 15.8. The highest BCUT2D eigenvalue weighted by Gasteiger charge is 2.27. The molecule has 2 N–H and O–H groups in total. The standard InChI is InChI=1S/C12H17Cl2NO2S/c1-12(2,6-10(16)17-3)5-8(15)7-4-9(13)18-11(7)14/h4,8H,5-6,15H2,1-3H3. The molecule has 0 saturated heterocycles. The van der Waals surface area contributed by atoms with Gasteiger partial charge in [-0.05, 0) is 23.5 Å². The normalized spacial score (nSPS) is 13.4. The molecule has 1 aromatic rings. The summed E-state index contributed by atoms with van der Waals surface area (Å²) in [5, 5.41) is 0. The quantitative estimate of drug-likeness (QED) is 0.835. The third-order valence-electron chi connectivity index (χ3n) is 2.71. The summed E-state index contributed by atoms with van der Waals surface area (Å²) in [5.74, 6) is -0.235. The fourth-order valence-corrected chi connectivity index (χ4v) is 3.44. The first-order chi connectivity index (χ1) is 8.25. The predicted octanol–water partition coefficient (Wildman–Crippen LogP) is 4.03. The van der Waals surface area contributed by atoms with Gasteiger partial charge in [-0.1, -0.05) is 37.0 Å². The van der Waals surface area contributed by atoms with E-state index in [-0.39, 0.29) is 17.4 Å². The molecular weight excluding hydrogens is 293 g/mol. The molecule has 0 aliphatic rings. The van der Waals surface area contributed by atoms with Crippen LogP contribution in [-0.4, -0.2) is 13.1 Å². The highest BCUT2D eigenvalue weighted by Crippen LogP contribution is 2.39. The number of thiophene rings is 1. The predicted molar refractivity (Wildman–Crippen MR) is 76.3 cm³/mol. The molecule has 1 heterocycles. The molecule has 3 nitrogen and oxygen atoms in total. The molecule has 0 bridgehead atoms. The number of esters is 1. The molecule has 0 aliphatic heterocycles. The van der Waals surface area contributed by atoms with Crippen LogP contribution in [0.3, 0.4) is 0 Å². The van der Waals surface area contributed by atoms with Crippen LogP contribution in [0.25, 0.3) is 0 Å². The Morgan fingerprint density at radius 2 is 2.17 bits per heavy atom. The molecule has 18 heavy (non-hydrogen) atoms. The second-order valence-electron chi connectivity index (χ2n) is 5.01. The number of halogens is 2. The largest absolute Gasteiger partial charge is 0.469 e. The number of rotatable bonds is 5. The van der Waals surface area contributed by atoms with E-state index >= 15 is 0 Å². The van der Waals surface area contributed by atoms with E-state index in [0.29, 0.717) is 21.5 Å². The summed E-state index contributed by atoms with van der Waals surface area (Å²) in [6, 6.07) is 1.55. The zero-order valence-electron chi connectivity index (χ0n) is 10.6. The average Bonchev–Trinajstić information content (AvgIpc) is 2.56. The lowest BCUT2D eigenvalue weighted by molar-refractivity contribution is -0.143. The molecule has 0 saturated carbocycles. The number of nitrogens with two attached hydrogens (primary N) is 1. The SMILES string of the molecule is COC(=O)CC(C)(C)CC(N)c1cc(Cl)sc1Cl. The monoisotopic (exact) mass is 309 g/mol. The minimum absolute atomic E-state index is 0.235. The van der Waals surface area contributed by atoms with Crippen LogP contribution in [-0.2, 0) is 9.53 Å². The van der Waals surface area contributed by atoms with Crippen LogP contribution in [0.4, 0.5) is 0 Å². The van der Waals surface area contributed by atoms with Crippen molar-refractivity contribution in [2.45, 2.75) is 32.7 Å². The van der Waals surface area contributed by atoms with Gasteiger partial charge in [-0.25, -0.2) is 0 Å². The van der Waals surface area contributed by atoms with Crippen molar-refractivity contribution in [3.05, 3.63) is 20.3 Å². The van der Waals surface area contributed by atoms with Gasteiger partial charge in [0, 0.05) is 6.04 Å². The molecule has 102 valence electrons. The number of hydrogen-bond donors (Lipinski definition) is 1. The first-order valence-corrected chi connectivity index (χ1v) is 7.09. The molecule has 1 rings (SSSR count). The maximum Gasteiger partial charge on any atom is 0.306 e. The Morgan fingerprint density at radius 3 is 2.61 bits per heavy atom. The number of carbonyl (C=O) groups excluding carboxylic acids is 1. The Kier molecular flexibility index (Phi) is 5.46. The summed E-state index contributed by atoms with van der Waals surface area (Å²) in [4.78, 5) is 11.3. The number of carbonyl (C=O) groups is 1. The summed E-state index contributed by atoms with van der Waals surface area (Å²) < 4.78 is 5.91. The van der Waals surface area contributed by atoms with Crippen molar-refractivity contribution >= 4 is 40.5 Å². The Labute approximate surface area is 121 Å². The average molecular weight is 310 g/mol. The summed E-state index contributed by atoms with van der Waals surface area (Å²) >= 11 is 13.3. The topological polar surface area (TPSA) is 52.3 Å². The van der Waals surface area contributed by atoms with E-state index in [1.165, 1.54) is 18.4 Å². The van der Waals surface area contributed by atoms with E-state index in [0.717, 1.165) is 5.56 Å². The highest BCUT2D eigenvalue weighted by atomic mass is 35.5. The summed E-state index contributed by atoms with van der Waals surface area (Å²) in [7, 11) is 1.38. The van der Waals surface area contributed by atoms with Crippen molar-refractivity contribution in [1.29, 1.82) is 0 Å². The maximum atomic E-state index is 11.3. The van der Waals surface area contributed by atoms with E-state index in [1.54, 1.807) is 6.07 Å². The molecule has 0 aromatic carbocycles. The molecule has 1 atom stereocenters. The van der Waals surface area contributed by atoms with Gasteiger partial charge in [0.15, 0.2) is 0 Å². The maximum absolute atomic E-state index is 11.3. The second kappa shape index (κ2) is 6.24. The zero-order chi connectivity index (χ0) is 13.9.